The highest BCUT2D eigenvalue weighted by Crippen LogP contribution is 2.24. The first kappa shape index (κ1) is 9.17. The van der Waals surface area contributed by atoms with Crippen LogP contribution in [0.1, 0.15) is 5.01 Å². The van der Waals surface area contributed by atoms with Gasteiger partial charge in [-0.05, 0) is 6.07 Å². The molecule has 14 heavy (non-hydrogen) atoms. The van der Waals surface area contributed by atoms with Gasteiger partial charge in [0, 0.05) is 12.7 Å². The van der Waals surface area contributed by atoms with Crippen LogP contribution in [0.15, 0.2) is 18.5 Å². The molecule has 2 aromatic heterocycles. The molecule has 72 valence electrons. The molecule has 0 fully saturated rings. The van der Waals surface area contributed by atoms with Crippen molar-refractivity contribution in [3.63, 3.8) is 0 Å². The Kier molecular flexibility index (Phi) is 2.47. The number of hydrogen-bond acceptors (Lipinski definition) is 5. The molecule has 2 rings (SSSR count). The summed E-state index contributed by atoms with van der Waals surface area (Å²) in [4.78, 5) is 3.65. The molecule has 2 aromatic rings. The molecule has 2 N–H and O–H groups in total. The van der Waals surface area contributed by atoms with Crippen molar-refractivity contribution in [1.29, 1.82) is 0 Å². The number of nitrogens with zero attached hydrogens (tertiary/aromatic N) is 3. The largest absolute Gasteiger partial charge is 0.324 e. The van der Waals surface area contributed by atoms with Crippen LogP contribution < -0.4 is 5.73 Å². The van der Waals surface area contributed by atoms with Crippen LogP contribution in [0.3, 0.4) is 0 Å². The molecule has 0 unspecified atom stereocenters. The van der Waals surface area contributed by atoms with Gasteiger partial charge >= 0.3 is 0 Å². The Morgan fingerprint density at radius 3 is 2.93 bits per heavy atom. The first-order valence-corrected chi connectivity index (χ1v) is 4.75. The zero-order chi connectivity index (χ0) is 9.97. The Hall–Kier alpha value is -1.40. The molecular formula is C8H7FN4S. The fraction of sp³-hybridized carbons (Fsp3) is 0.125. The van der Waals surface area contributed by atoms with Crippen molar-refractivity contribution in [2.75, 3.05) is 0 Å². The summed E-state index contributed by atoms with van der Waals surface area (Å²) in [6.07, 6.45) is 2.67. The molecule has 0 radical (unpaired) electrons. The van der Waals surface area contributed by atoms with E-state index in [0.29, 0.717) is 22.1 Å². The highest BCUT2D eigenvalue weighted by atomic mass is 32.1. The van der Waals surface area contributed by atoms with Gasteiger partial charge in [0.1, 0.15) is 5.01 Å². The summed E-state index contributed by atoms with van der Waals surface area (Å²) in [7, 11) is 0. The SMILES string of the molecule is NCc1nnc(-c2ccncc2F)s1. The first-order valence-electron chi connectivity index (χ1n) is 3.93. The van der Waals surface area contributed by atoms with Gasteiger partial charge in [-0.1, -0.05) is 11.3 Å². The number of hydrogen-bond donors (Lipinski definition) is 1. The lowest BCUT2D eigenvalue weighted by Gasteiger charge is -1.94. The highest BCUT2D eigenvalue weighted by molar-refractivity contribution is 7.14. The summed E-state index contributed by atoms with van der Waals surface area (Å²) in [6.45, 7) is 0.324. The second-order valence-corrected chi connectivity index (χ2v) is 3.62. The summed E-state index contributed by atoms with van der Waals surface area (Å²) in [6, 6.07) is 1.57. The summed E-state index contributed by atoms with van der Waals surface area (Å²) >= 11 is 1.29. The van der Waals surface area contributed by atoms with Gasteiger partial charge in [0.2, 0.25) is 0 Å². The van der Waals surface area contributed by atoms with E-state index >= 15 is 0 Å². The van der Waals surface area contributed by atoms with Crippen LogP contribution in [0, 0.1) is 5.82 Å². The van der Waals surface area contributed by atoms with E-state index in [4.69, 9.17) is 5.73 Å². The zero-order valence-electron chi connectivity index (χ0n) is 7.14. The molecule has 0 amide bonds. The topological polar surface area (TPSA) is 64.7 Å². The van der Waals surface area contributed by atoms with Gasteiger partial charge in [0.25, 0.3) is 0 Å². The second kappa shape index (κ2) is 3.77. The molecule has 0 aliphatic carbocycles. The summed E-state index contributed by atoms with van der Waals surface area (Å²) in [5.41, 5.74) is 5.80. The van der Waals surface area contributed by atoms with Crippen LogP contribution in [-0.4, -0.2) is 15.2 Å². The van der Waals surface area contributed by atoms with E-state index in [1.165, 1.54) is 17.5 Å². The van der Waals surface area contributed by atoms with Crippen molar-refractivity contribution in [1.82, 2.24) is 15.2 Å². The fourth-order valence-corrected chi connectivity index (χ4v) is 1.74. The van der Waals surface area contributed by atoms with Crippen LogP contribution in [0.4, 0.5) is 4.39 Å². The molecule has 0 saturated carbocycles. The summed E-state index contributed by atoms with van der Waals surface area (Å²) in [5, 5.41) is 8.87. The van der Waals surface area contributed by atoms with E-state index in [1.54, 1.807) is 6.07 Å². The third-order valence-corrected chi connectivity index (χ3v) is 2.62. The lowest BCUT2D eigenvalue weighted by Crippen LogP contribution is -1.94. The van der Waals surface area contributed by atoms with E-state index in [1.807, 2.05) is 0 Å². The first-order chi connectivity index (χ1) is 6.81. The molecule has 0 bridgehead atoms. The Balaban J connectivity index is 2.44. The van der Waals surface area contributed by atoms with Crippen LogP contribution in [0.2, 0.25) is 0 Å². The number of aromatic nitrogens is 3. The molecule has 0 spiro atoms. The minimum absolute atomic E-state index is 0.324. The minimum atomic E-state index is -0.396. The fourth-order valence-electron chi connectivity index (χ4n) is 0.994. The van der Waals surface area contributed by atoms with Crippen molar-refractivity contribution in [2.45, 2.75) is 6.54 Å². The third kappa shape index (κ3) is 1.61. The van der Waals surface area contributed by atoms with Crippen molar-refractivity contribution in [3.8, 4) is 10.6 Å². The molecule has 0 aromatic carbocycles. The average Bonchev–Trinajstić information content (AvgIpc) is 2.67. The van der Waals surface area contributed by atoms with Crippen LogP contribution >= 0.6 is 11.3 Å². The van der Waals surface area contributed by atoms with Crippen molar-refractivity contribution >= 4 is 11.3 Å². The van der Waals surface area contributed by atoms with Crippen LogP contribution in [0.25, 0.3) is 10.6 Å². The molecule has 4 nitrogen and oxygen atoms in total. The lowest BCUT2D eigenvalue weighted by atomic mass is 10.3. The van der Waals surface area contributed by atoms with E-state index in [0.717, 1.165) is 6.20 Å². The smallest absolute Gasteiger partial charge is 0.151 e. The molecule has 0 aliphatic heterocycles. The van der Waals surface area contributed by atoms with Crippen molar-refractivity contribution in [3.05, 3.63) is 29.3 Å². The Bertz CT molecular complexity index is 442. The maximum absolute atomic E-state index is 13.2. The van der Waals surface area contributed by atoms with Crippen LogP contribution in [0.5, 0.6) is 0 Å². The monoisotopic (exact) mass is 210 g/mol. The van der Waals surface area contributed by atoms with Gasteiger partial charge in [-0.2, -0.15) is 0 Å². The maximum atomic E-state index is 13.2. The summed E-state index contributed by atoms with van der Waals surface area (Å²) in [5.74, 6) is -0.396. The average molecular weight is 210 g/mol. The maximum Gasteiger partial charge on any atom is 0.151 e. The summed E-state index contributed by atoms with van der Waals surface area (Å²) < 4.78 is 13.2. The lowest BCUT2D eigenvalue weighted by molar-refractivity contribution is 0.624. The standard InChI is InChI=1S/C8H7FN4S/c9-6-4-11-2-1-5(6)8-13-12-7(3-10)14-8/h1-2,4H,3,10H2. The van der Waals surface area contributed by atoms with Crippen molar-refractivity contribution in [2.24, 2.45) is 5.73 Å². The Morgan fingerprint density at radius 2 is 2.29 bits per heavy atom. The number of pyridine rings is 1. The molecule has 6 heteroatoms. The van der Waals surface area contributed by atoms with Crippen LogP contribution in [-0.2, 0) is 6.54 Å². The van der Waals surface area contributed by atoms with Crippen molar-refractivity contribution < 1.29 is 4.39 Å². The Morgan fingerprint density at radius 1 is 1.43 bits per heavy atom. The molecule has 0 atom stereocenters. The normalized spacial score (nSPS) is 10.4. The van der Waals surface area contributed by atoms with E-state index < -0.39 is 5.82 Å². The number of nitrogens with two attached hydrogens (primary N) is 1. The minimum Gasteiger partial charge on any atom is -0.324 e. The molecular weight excluding hydrogens is 203 g/mol. The Labute approximate surface area is 83.6 Å². The number of halogens is 1. The van der Waals surface area contributed by atoms with Gasteiger partial charge < -0.3 is 5.73 Å². The quantitative estimate of drug-likeness (QED) is 0.808. The van der Waals surface area contributed by atoms with E-state index in [2.05, 4.69) is 15.2 Å². The van der Waals surface area contributed by atoms with Gasteiger partial charge in [-0.25, -0.2) is 4.39 Å². The molecule has 0 aliphatic rings. The van der Waals surface area contributed by atoms with Gasteiger partial charge in [0.15, 0.2) is 10.8 Å². The van der Waals surface area contributed by atoms with Gasteiger partial charge in [-0.15, -0.1) is 10.2 Å². The highest BCUT2D eigenvalue weighted by Gasteiger charge is 2.09. The number of rotatable bonds is 2. The molecule has 2 heterocycles. The zero-order valence-corrected chi connectivity index (χ0v) is 7.96. The molecule has 0 saturated heterocycles. The third-order valence-electron chi connectivity index (χ3n) is 1.64. The van der Waals surface area contributed by atoms with E-state index in [-0.39, 0.29) is 0 Å². The van der Waals surface area contributed by atoms with Gasteiger partial charge in [-0.3, -0.25) is 4.98 Å². The van der Waals surface area contributed by atoms with E-state index in [9.17, 15) is 4.39 Å². The van der Waals surface area contributed by atoms with Gasteiger partial charge in [0.05, 0.1) is 11.8 Å². The predicted molar refractivity (Wildman–Crippen MR) is 51.0 cm³/mol. The predicted octanol–water partition coefficient (Wildman–Crippen LogP) is 1.20. The second-order valence-electron chi connectivity index (χ2n) is 2.56.